The van der Waals surface area contributed by atoms with Crippen molar-refractivity contribution in [2.75, 3.05) is 39.8 Å². The average Bonchev–Trinajstić information content (AvgIpc) is 3.64. The van der Waals surface area contributed by atoms with Crippen LogP contribution in [0.5, 0.6) is 0 Å². The molecule has 6 fully saturated rings. The van der Waals surface area contributed by atoms with E-state index in [-0.39, 0.29) is 58.8 Å². The number of carbonyl (C=O) groups excluding carboxylic acids is 2. The topological polar surface area (TPSA) is 110 Å². The Bertz CT molecular complexity index is 846. The maximum atomic E-state index is 13.6. The summed E-state index contributed by atoms with van der Waals surface area (Å²) in [6.07, 6.45) is 5.13. The molecule has 6 aliphatic heterocycles. The van der Waals surface area contributed by atoms with E-state index in [0.717, 1.165) is 38.9 Å². The van der Waals surface area contributed by atoms with E-state index in [0.29, 0.717) is 30.4 Å². The number of ether oxygens (including phenoxy) is 1. The Balaban J connectivity index is 1.03. The van der Waals surface area contributed by atoms with Crippen molar-refractivity contribution >= 4 is 35.2 Å². The van der Waals surface area contributed by atoms with E-state index in [1.807, 2.05) is 4.90 Å². The summed E-state index contributed by atoms with van der Waals surface area (Å²) in [4.78, 5) is 28.8. The molecule has 0 aromatic carbocycles. The van der Waals surface area contributed by atoms with Crippen LogP contribution in [0.4, 0.5) is 0 Å². The molecule has 6 rings (SSSR count). The number of fused-ring (bicyclic) bond motifs is 2. The average molecular weight is 556 g/mol. The van der Waals surface area contributed by atoms with Crippen LogP contribution in [0.2, 0.25) is 0 Å². The summed E-state index contributed by atoms with van der Waals surface area (Å²) in [7, 11) is 1.76. The number of nitrogens with zero attached hydrogens (tertiary/aromatic N) is 2. The van der Waals surface area contributed by atoms with Gasteiger partial charge in [-0.25, -0.2) is 10.4 Å². The first-order valence-corrected chi connectivity index (χ1v) is 15.4. The fourth-order valence-electron chi connectivity index (χ4n) is 7.60. The highest BCUT2D eigenvalue weighted by atomic mass is 35.5. The van der Waals surface area contributed by atoms with Gasteiger partial charge in [0.1, 0.15) is 11.5 Å². The van der Waals surface area contributed by atoms with E-state index in [2.05, 4.69) is 38.6 Å². The van der Waals surface area contributed by atoms with Crippen molar-refractivity contribution in [3.63, 3.8) is 0 Å². The molecule has 0 aliphatic carbocycles. The first kappa shape index (κ1) is 26.6. The van der Waals surface area contributed by atoms with Crippen LogP contribution in [0.3, 0.4) is 0 Å². The number of likely N-dealkylation sites (tertiary alicyclic amines) is 1. The lowest BCUT2D eigenvalue weighted by atomic mass is 9.70. The van der Waals surface area contributed by atoms with E-state index >= 15 is 0 Å². The molecule has 208 valence electrons. The fraction of sp³-hybridized carbons (Fsp3) is 0.920. The monoisotopic (exact) mass is 555 g/mol. The molecule has 5 N–H and O–H groups in total. The van der Waals surface area contributed by atoms with Crippen molar-refractivity contribution in [2.24, 2.45) is 17.8 Å². The Kier molecular flexibility index (Phi) is 7.95. The molecule has 6 heterocycles. The van der Waals surface area contributed by atoms with Gasteiger partial charge in [0.05, 0.1) is 17.5 Å². The Morgan fingerprint density at radius 2 is 1.97 bits per heavy atom. The first-order chi connectivity index (χ1) is 17.9. The van der Waals surface area contributed by atoms with Crippen molar-refractivity contribution in [3.05, 3.63) is 0 Å². The van der Waals surface area contributed by atoms with E-state index < -0.39 is 0 Å². The molecule has 12 heteroatoms. The molecular weight excluding hydrogens is 514 g/mol. The number of thioether (sulfide) groups is 1. The lowest BCUT2D eigenvalue weighted by molar-refractivity contribution is -0.133. The molecule has 6 aliphatic rings. The normalized spacial score (nSPS) is 46.1. The summed E-state index contributed by atoms with van der Waals surface area (Å²) in [5.41, 5.74) is 3.23. The zero-order valence-corrected chi connectivity index (χ0v) is 23.4. The van der Waals surface area contributed by atoms with Gasteiger partial charge in [-0.05, 0) is 50.9 Å². The predicted octanol–water partition coefficient (Wildman–Crippen LogP) is -0.153. The second-order valence-electron chi connectivity index (χ2n) is 11.9. The largest absolute Gasteiger partial charge is 0.380 e. The van der Waals surface area contributed by atoms with Gasteiger partial charge in [0.25, 0.3) is 0 Å². The summed E-state index contributed by atoms with van der Waals surface area (Å²) in [5, 5.41) is 16.3. The summed E-state index contributed by atoms with van der Waals surface area (Å²) in [6, 6.07) is 1.01. The summed E-state index contributed by atoms with van der Waals surface area (Å²) >= 11 is 8.23. The number of methoxy groups -OCH3 is 1. The molecule has 11 atom stereocenters. The van der Waals surface area contributed by atoms with Crippen LogP contribution < -0.4 is 26.7 Å². The van der Waals surface area contributed by atoms with Gasteiger partial charge in [-0.1, -0.05) is 0 Å². The van der Waals surface area contributed by atoms with Gasteiger partial charge < -0.3 is 20.3 Å². The molecule has 0 saturated carbocycles. The number of hydrogen-bond acceptors (Lipinski definition) is 9. The molecule has 6 saturated heterocycles. The highest BCUT2D eigenvalue weighted by Gasteiger charge is 2.48. The predicted molar refractivity (Wildman–Crippen MR) is 144 cm³/mol. The number of piperidine rings is 2. The van der Waals surface area contributed by atoms with Gasteiger partial charge in [0, 0.05) is 63.2 Å². The lowest BCUT2D eigenvalue weighted by Gasteiger charge is -2.45. The fourth-order valence-corrected chi connectivity index (χ4v) is 9.30. The van der Waals surface area contributed by atoms with E-state index in [9.17, 15) is 9.59 Å². The van der Waals surface area contributed by atoms with Gasteiger partial charge in [-0.2, -0.15) is 0 Å². The third-order valence-corrected chi connectivity index (χ3v) is 11.2. The van der Waals surface area contributed by atoms with Gasteiger partial charge in [-0.3, -0.25) is 20.2 Å². The van der Waals surface area contributed by atoms with E-state index in [1.54, 1.807) is 18.9 Å². The molecule has 0 radical (unpaired) electrons. The molecule has 10 nitrogen and oxygen atoms in total. The van der Waals surface area contributed by atoms with Crippen LogP contribution >= 0.6 is 23.4 Å². The summed E-state index contributed by atoms with van der Waals surface area (Å²) < 4.78 is 5.81. The van der Waals surface area contributed by atoms with Gasteiger partial charge in [-0.15, -0.1) is 23.4 Å². The maximum absolute atomic E-state index is 13.6. The minimum absolute atomic E-state index is 0.0631. The van der Waals surface area contributed by atoms with E-state index in [4.69, 9.17) is 16.3 Å². The number of hydrogen-bond donors (Lipinski definition) is 5. The minimum Gasteiger partial charge on any atom is -0.380 e. The Labute approximate surface area is 229 Å². The van der Waals surface area contributed by atoms with Crippen molar-refractivity contribution in [1.82, 2.24) is 36.6 Å². The second kappa shape index (κ2) is 11.1. The summed E-state index contributed by atoms with van der Waals surface area (Å²) in [5.74, 6) is 0.668. The van der Waals surface area contributed by atoms with Crippen LogP contribution in [0.15, 0.2) is 0 Å². The molecule has 37 heavy (non-hydrogen) atoms. The highest BCUT2D eigenvalue weighted by molar-refractivity contribution is 8.00. The van der Waals surface area contributed by atoms with E-state index in [1.165, 1.54) is 12.8 Å². The number of hydrazine groups is 1. The zero-order valence-electron chi connectivity index (χ0n) is 21.8. The third kappa shape index (κ3) is 5.39. The highest BCUT2D eigenvalue weighted by Crippen LogP contribution is 2.39. The number of amides is 2. The minimum atomic E-state index is -0.123. The van der Waals surface area contributed by atoms with Crippen LogP contribution in [-0.2, 0) is 14.3 Å². The number of alkyl halides is 1. The number of nitrogens with one attached hydrogen (secondary N) is 5. The molecule has 0 bridgehead atoms. The van der Waals surface area contributed by atoms with Gasteiger partial charge in [0.2, 0.25) is 11.8 Å². The van der Waals surface area contributed by atoms with Crippen molar-refractivity contribution < 1.29 is 14.3 Å². The van der Waals surface area contributed by atoms with Crippen molar-refractivity contribution in [3.8, 4) is 0 Å². The molecule has 11 unspecified atom stereocenters. The van der Waals surface area contributed by atoms with Crippen LogP contribution in [0, 0.1) is 17.8 Å². The standard InChI is InChI=1S/C25H42ClN7O3S/c1-13-6-15(16-8-22(26)28-10-20(16)36-2)17(9-27-13)23(34)30-25-29-19-11-32(12-21(19)37-25)24(35)18-7-14-4-3-5-33(14)31-18/h13-22,25,27-29,31H,3-12H2,1-2H3,(H,30,34). The van der Waals surface area contributed by atoms with Crippen molar-refractivity contribution in [2.45, 2.75) is 85.5 Å². The Morgan fingerprint density at radius 1 is 1.11 bits per heavy atom. The van der Waals surface area contributed by atoms with Crippen molar-refractivity contribution in [1.29, 1.82) is 0 Å². The Hall–Kier alpha value is -0.660. The van der Waals surface area contributed by atoms with Crippen LogP contribution in [0.25, 0.3) is 0 Å². The zero-order chi connectivity index (χ0) is 25.7. The molecular formula is C25H42ClN7O3S. The number of halogens is 1. The molecule has 0 aromatic heterocycles. The SMILES string of the molecule is COC1CNC(Cl)CC1C1CC(C)NCC1C(=O)NC1NC2CN(C(=O)C3CC4CCCN4N3)CC2S1. The number of carbonyl (C=O) groups is 2. The lowest BCUT2D eigenvalue weighted by Crippen LogP contribution is -2.57. The van der Waals surface area contributed by atoms with Gasteiger partial charge in [0.15, 0.2) is 0 Å². The number of rotatable bonds is 5. The van der Waals surface area contributed by atoms with Gasteiger partial charge >= 0.3 is 0 Å². The van der Waals surface area contributed by atoms with Crippen LogP contribution in [0.1, 0.15) is 39.0 Å². The van der Waals surface area contributed by atoms with Crippen LogP contribution in [-0.4, -0.2) is 108 Å². The Morgan fingerprint density at radius 3 is 2.76 bits per heavy atom. The molecule has 0 aromatic rings. The maximum Gasteiger partial charge on any atom is 0.241 e. The first-order valence-electron chi connectivity index (χ1n) is 14.1. The molecule has 0 spiro atoms. The molecule has 2 amide bonds. The quantitative estimate of drug-likeness (QED) is 0.234. The smallest absolute Gasteiger partial charge is 0.241 e. The second-order valence-corrected chi connectivity index (χ2v) is 13.7. The summed E-state index contributed by atoms with van der Waals surface area (Å²) in [6.45, 7) is 6.07. The third-order valence-electron chi connectivity index (χ3n) is 9.55.